The molecule has 2 fully saturated rings. The molecule has 1 atom stereocenters. The van der Waals surface area contributed by atoms with Gasteiger partial charge >= 0.3 is 0 Å². The number of morpholine rings is 1. The monoisotopic (exact) mass is 296 g/mol. The van der Waals surface area contributed by atoms with Gasteiger partial charge in [0.15, 0.2) is 5.82 Å². The number of nitrogens with zero attached hydrogens (tertiary/aromatic N) is 3. The van der Waals surface area contributed by atoms with Crippen molar-refractivity contribution >= 4 is 0 Å². The average molecular weight is 296 g/mol. The molecule has 2 N–H and O–H groups in total. The Morgan fingerprint density at radius 2 is 2.14 bits per heavy atom. The van der Waals surface area contributed by atoms with E-state index in [1.54, 1.807) is 7.11 Å². The van der Waals surface area contributed by atoms with Crippen molar-refractivity contribution in [3.05, 3.63) is 11.7 Å². The number of rotatable bonds is 6. The summed E-state index contributed by atoms with van der Waals surface area (Å²) >= 11 is 0. The molecule has 1 saturated heterocycles. The molecule has 0 amide bonds. The van der Waals surface area contributed by atoms with E-state index in [9.17, 15) is 0 Å². The maximum Gasteiger partial charge on any atom is 0.229 e. The van der Waals surface area contributed by atoms with Crippen molar-refractivity contribution < 1.29 is 14.0 Å². The normalized spacial score (nSPS) is 23.7. The quantitative estimate of drug-likeness (QED) is 0.818. The molecule has 2 heterocycles. The first-order valence-corrected chi connectivity index (χ1v) is 7.64. The van der Waals surface area contributed by atoms with Gasteiger partial charge in [-0.25, -0.2) is 0 Å². The highest BCUT2D eigenvalue weighted by Gasteiger charge is 2.39. The van der Waals surface area contributed by atoms with Gasteiger partial charge < -0.3 is 19.7 Å². The molecule has 1 aromatic rings. The van der Waals surface area contributed by atoms with E-state index in [1.807, 2.05) is 0 Å². The Labute approximate surface area is 124 Å². The minimum Gasteiger partial charge on any atom is -0.379 e. The van der Waals surface area contributed by atoms with Crippen LogP contribution in [0.4, 0.5) is 0 Å². The Kier molecular flexibility index (Phi) is 4.54. The van der Waals surface area contributed by atoms with Crippen molar-refractivity contribution in [1.29, 1.82) is 0 Å². The summed E-state index contributed by atoms with van der Waals surface area (Å²) in [5, 5.41) is 4.03. The lowest BCUT2D eigenvalue weighted by molar-refractivity contribution is -0.0751. The van der Waals surface area contributed by atoms with Crippen LogP contribution in [0.3, 0.4) is 0 Å². The van der Waals surface area contributed by atoms with E-state index in [0.717, 1.165) is 45.7 Å². The van der Waals surface area contributed by atoms with Gasteiger partial charge in [0.2, 0.25) is 5.89 Å². The third kappa shape index (κ3) is 3.42. The van der Waals surface area contributed by atoms with Crippen LogP contribution in [0, 0.1) is 0 Å². The first kappa shape index (κ1) is 14.9. The van der Waals surface area contributed by atoms with Crippen molar-refractivity contribution in [1.82, 2.24) is 15.0 Å². The van der Waals surface area contributed by atoms with E-state index in [4.69, 9.17) is 19.7 Å². The van der Waals surface area contributed by atoms with Crippen LogP contribution >= 0.6 is 0 Å². The zero-order valence-electron chi connectivity index (χ0n) is 12.6. The Balaban J connectivity index is 1.56. The molecule has 1 saturated carbocycles. The summed E-state index contributed by atoms with van der Waals surface area (Å²) in [7, 11) is 1.75. The van der Waals surface area contributed by atoms with Crippen LogP contribution in [0.25, 0.3) is 0 Å². The van der Waals surface area contributed by atoms with Gasteiger partial charge in [-0.05, 0) is 19.3 Å². The molecule has 0 radical (unpaired) electrons. The smallest absolute Gasteiger partial charge is 0.229 e. The average Bonchev–Trinajstić information content (AvgIpc) is 2.92. The number of aromatic nitrogens is 2. The highest BCUT2D eigenvalue weighted by atomic mass is 16.5. The Hall–Kier alpha value is -1.02. The summed E-state index contributed by atoms with van der Waals surface area (Å²) in [5.74, 6) is 1.21. The number of ether oxygens (including phenoxy) is 2. The SMILES string of the molecule is COC1(Cc2nc(C(N)CN3CCOCC3)no2)CCC1. The minimum absolute atomic E-state index is 0.0991. The maximum atomic E-state index is 6.18. The summed E-state index contributed by atoms with van der Waals surface area (Å²) in [5.41, 5.74) is 6.08. The largest absolute Gasteiger partial charge is 0.379 e. The lowest BCUT2D eigenvalue weighted by Crippen LogP contribution is -2.41. The van der Waals surface area contributed by atoms with Crippen LogP contribution < -0.4 is 5.73 Å². The molecule has 0 bridgehead atoms. The van der Waals surface area contributed by atoms with Gasteiger partial charge in [-0.2, -0.15) is 4.98 Å². The standard InChI is InChI=1S/C14H24N4O3/c1-19-14(3-2-4-14)9-12-16-13(17-21-12)11(15)10-18-5-7-20-8-6-18/h11H,2-10,15H2,1H3. The Morgan fingerprint density at radius 1 is 1.38 bits per heavy atom. The van der Waals surface area contributed by atoms with E-state index in [2.05, 4.69) is 15.0 Å². The summed E-state index contributed by atoms with van der Waals surface area (Å²) in [6, 6.07) is -0.222. The summed E-state index contributed by atoms with van der Waals surface area (Å²) in [6.07, 6.45) is 3.99. The molecule has 3 rings (SSSR count). The highest BCUT2D eigenvalue weighted by Crippen LogP contribution is 2.37. The molecule has 1 aromatic heterocycles. The van der Waals surface area contributed by atoms with Crippen molar-refractivity contribution in [3.63, 3.8) is 0 Å². The second-order valence-electron chi connectivity index (χ2n) is 5.98. The molecule has 2 aliphatic rings. The van der Waals surface area contributed by atoms with E-state index in [1.165, 1.54) is 6.42 Å². The molecule has 0 aromatic carbocycles. The third-order valence-electron chi connectivity index (χ3n) is 4.55. The lowest BCUT2D eigenvalue weighted by Gasteiger charge is -2.39. The van der Waals surface area contributed by atoms with Gasteiger partial charge in [-0.15, -0.1) is 0 Å². The predicted molar refractivity (Wildman–Crippen MR) is 75.8 cm³/mol. The van der Waals surface area contributed by atoms with E-state index >= 15 is 0 Å². The zero-order chi connectivity index (χ0) is 14.7. The van der Waals surface area contributed by atoms with Crippen molar-refractivity contribution in [2.45, 2.75) is 37.3 Å². The molecule has 21 heavy (non-hydrogen) atoms. The lowest BCUT2D eigenvalue weighted by atomic mass is 9.77. The van der Waals surface area contributed by atoms with Crippen LogP contribution in [-0.2, 0) is 15.9 Å². The topological polar surface area (TPSA) is 86.6 Å². The van der Waals surface area contributed by atoms with Crippen molar-refractivity contribution in [2.75, 3.05) is 40.0 Å². The minimum atomic E-state index is -0.222. The zero-order valence-corrected chi connectivity index (χ0v) is 12.6. The molecule has 1 aliphatic heterocycles. The maximum absolute atomic E-state index is 6.18. The van der Waals surface area contributed by atoms with E-state index < -0.39 is 0 Å². The predicted octanol–water partition coefficient (Wildman–Crippen LogP) is 0.513. The molecular formula is C14H24N4O3. The van der Waals surface area contributed by atoms with Gasteiger partial charge in [-0.3, -0.25) is 4.90 Å². The van der Waals surface area contributed by atoms with E-state index in [-0.39, 0.29) is 11.6 Å². The second-order valence-corrected chi connectivity index (χ2v) is 5.98. The highest BCUT2D eigenvalue weighted by molar-refractivity contribution is 5.01. The second kappa shape index (κ2) is 6.39. The summed E-state index contributed by atoms with van der Waals surface area (Å²) in [4.78, 5) is 6.72. The van der Waals surface area contributed by atoms with Crippen LogP contribution in [0.1, 0.15) is 37.0 Å². The molecule has 1 unspecified atom stereocenters. The van der Waals surface area contributed by atoms with Gasteiger partial charge in [0.1, 0.15) is 0 Å². The first-order valence-electron chi connectivity index (χ1n) is 7.64. The van der Waals surface area contributed by atoms with Crippen molar-refractivity contribution in [2.24, 2.45) is 5.73 Å². The number of nitrogens with two attached hydrogens (primary N) is 1. The van der Waals surface area contributed by atoms with Crippen LogP contribution in [0.2, 0.25) is 0 Å². The summed E-state index contributed by atoms with van der Waals surface area (Å²) < 4.78 is 16.3. The molecule has 1 aliphatic carbocycles. The number of hydrogen-bond acceptors (Lipinski definition) is 7. The van der Waals surface area contributed by atoms with Gasteiger partial charge in [-0.1, -0.05) is 5.16 Å². The third-order valence-corrected chi connectivity index (χ3v) is 4.55. The number of methoxy groups -OCH3 is 1. The fourth-order valence-electron chi connectivity index (χ4n) is 2.93. The Morgan fingerprint density at radius 3 is 2.76 bits per heavy atom. The molecule has 7 nitrogen and oxygen atoms in total. The fraction of sp³-hybridized carbons (Fsp3) is 0.857. The van der Waals surface area contributed by atoms with Gasteiger partial charge in [0, 0.05) is 26.7 Å². The van der Waals surface area contributed by atoms with Crippen LogP contribution in [-0.4, -0.2) is 60.6 Å². The molecule has 7 heteroatoms. The molecule has 0 spiro atoms. The first-order chi connectivity index (χ1) is 10.2. The van der Waals surface area contributed by atoms with Gasteiger partial charge in [0.25, 0.3) is 0 Å². The van der Waals surface area contributed by atoms with Crippen LogP contribution in [0.5, 0.6) is 0 Å². The Bertz CT molecular complexity index is 449. The molecule has 118 valence electrons. The fourth-order valence-corrected chi connectivity index (χ4v) is 2.93. The van der Waals surface area contributed by atoms with Crippen LogP contribution in [0.15, 0.2) is 4.52 Å². The van der Waals surface area contributed by atoms with Crippen molar-refractivity contribution in [3.8, 4) is 0 Å². The summed E-state index contributed by atoms with van der Waals surface area (Å²) in [6.45, 7) is 4.08. The molecular weight excluding hydrogens is 272 g/mol. The number of hydrogen-bond donors (Lipinski definition) is 1. The van der Waals surface area contributed by atoms with E-state index in [0.29, 0.717) is 18.1 Å². The van der Waals surface area contributed by atoms with Gasteiger partial charge in [0.05, 0.1) is 31.3 Å².